The second kappa shape index (κ2) is 4.66. The second-order valence-electron chi connectivity index (χ2n) is 4.61. The molecule has 0 amide bonds. The van der Waals surface area contributed by atoms with Gasteiger partial charge in [-0.05, 0) is 36.1 Å². The molecule has 0 atom stereocenters. The molecule has 2 rings (SSSR count). The summed E-state index contributed by atoms with van der Waals surface area (Å²) < 4.78 is 0. The van der Waals surface area contributed by atoms with Gasteiger partial charge in [-0.2, -0.15) is 0 Å². The Bertz CT molecular complexity index is 558. The number of aromatic nitrogens is 1. The summed E-state index contributed by atoms with van der Waals surface area (Å²) in [4.78, 5) is 15.8. The Balaban J connectivity index is 2.72. The van der Waals surface area contributed by atoms with Crippen LogP contribution < -0.4 is 0 Å². The third-order valence-corrected chi connectivity index (χ3v) is 3.05. The predicted octanol–water partition coefficient (Wildman–Crippen LogP) is 3.73. The molecular formula is C15H17NO. The zero-order chi connectivity index (χ0) is 12.4. The molecule has 2 nitrogen and oxygen atoms in total. The maximum atomic E-state index is 11.2. The highest BCUT2D eigenvalue weighted by atomic mass is 16.1. The summed E-state index contributed by atoms with van der Waals surface area (Å²) in [6.07, 6.45) is 1.90. The molecule has 0 saturated carbocycles. The molecule has 0 bridgehead atoms. The monoisotopic (exact) mass is 227 g/mol. The zero-order valence-electron chi connectivity index (χ0n) is 10.5. The minimum atomic E-state index is 0.337. The standard InChI is InChI=1S/C15H17NO/c1-4-11-5-6-14-13(7-11)12(9-17)8-15(16-14)10(2)3/h5-10H,4H2,1-3H3. The Morgan fingerprint density at radius 1 is 1.29 bits per heavy atom. The smallest absolute Gasteiger partial charge is 0.150 e. The Labute approximate surface area is 102 Å². The van der Waals surface area contributed by atoms with Crippen LogP contribution in [0.4, 0.5) is 0 Å². The molecular weight excluding hydrogens is 210 g/mol. The average molecular weight is 227 g/mol. The van der Waals surface area contributed by atoms with Gasteiger partial charge in [0.15, 0.2) is 6.29 Å². The van der Waals surface area contributed by atoms with Gasteiger partial charge in [-0.15, -0.1) is 0 Å². The van der Waals surface area contributed by atoms with Crippen LogP contribution in [0.25, 0.3) is 10.9 Å². The second-order valence-corrected chi connectivity index (χ2v) is 4.61. The molecule has 2 aromatic rings. The van der Waals surface area contributed by atoms with E-state index in [1.807, 2.05) is 12.1 Å². The lowest BCUT2D eigenvalue weighted by Crippen LogP contribution is -1.97. The van der Waals surface area contributed by atoms with Crippen molar-refractivity contribution in [3.63, 3.8) is 0 Å². The van der Waals surface area contributed by atoms with Crippen molar-refractivity contribution in [2.24, 2.45) is 0 Å². The number of hydrogen-bond acceptors (Lipinski definition) is 2. The van der Waals surface area contributed by atoms with Gasteiger partial charge in [0.05, 0.1) is 5.52 Å². The van der Waals surface area contributed by atoms with Gasteiger partial charge in [0.1, 0.15) is 0 Å². The van der Waals surface area contributed by atoms with Crippen LogP contribution in [-0.2, 0) is 6.42 Å². The maximum Gasteiger partial charge on any atom is 0.150 e. The largest absolute Gasteiger partial charge is 0.298 e. The van der Waals surface area contributed by atoms with Crippen LogP contribution in [0.2, 0.25) is 0 Å². The quantitative estimate of drug-likeness (QED) is 0.748. The number of benzene rings is 1. The lowest BCUT2D eigenvalue weighted by atomic mass is 10.0. The van der Waals surface area contributed by atoms with E-state index in [-0.39, 0.29) is 0 Å². The van der Waals surface area contributed by atoms with Crippen LogP contribution in [0.3, 0.4) is 0 Å². The van der Waals surface area contributed by atoms with E-state index in [4.69, 9.17) is 0 Å². The van der Waals surface area contributed by atoms with Crippen molar-refractivity contribution in [2.45, 2.75) is 33.1 Å². The number of aldehydes is 1. The third-order valence-electron chi connectivity index (χ3n) is 3.05. The molecule has 0 fully saturated rings. The van der Waals surface area contributed by atoms with Crippen LogP contribution in [0, 0.1) is 0 Å². The average Bonchev–Trinajstić information content (AvgIpc) is 2.36. The molecule has 2 heteroatoms. The van der Waals surface area contributed by atoms with Gasteiger partial charge in [0.2, 0.25) is 0 Å². The Hall–Kier alpha value is -1.70. The van der Waals surface area contributed by atoms with Crippen LogP contribution in [0.15, 0.2) is 24.3 Å². The van der Waals surface area contributed by atoms with E-state index in [2.05, 4.69) is 37.9 Å². The molecule has 0 unspecified atom stereocenters. The molecule has 0 aliphatic carbocycles. The molecule has 0 spiro atoms. The first-order valence-electron chi connectivity index (χ1n) is 6.04. The fourth-order valence-corrected chi connectivity index (χ4v) is 1.93. The fourth-order valence-electron chi connectivity index (χ4n) is 1.93. The summed E-state index contributed by atoms with van der Waals surface area (Å²) >= 11 is 0. The molecule has 0 aliphatic heterocycles. The number of pyridine rings is 1. The summed E-state index contributed by atoms with van der Waals surface area (Å²) in [5, 5.41) is 0.962. The van der Waals surface area contributed by atoms with Gasteiger partial charge in [0.25, 0.3) is 0 Å². The fraction of sp³-hybridized carbons (Fsp3) is 0.333. The first-order valence-corrected chi connectivity index (χ1v) is 6.04. The van der Waals surface area contributed by atoms with Crippen LogP contribution in [0.5, 0.6) is 0 Å². The molecule has 0 saturated heterocycles. The van der Waals surface area contributed by atoms with E-state index in [9.17, 15) is 4.79 Å². The Morgan fingerprint density at radius 3 is 2.65 bits per heavy atom. The van der Waals surface area contributed by atoms with E-state index in [0.29, 0.717) is 5.92 Å². The number of hydrogen-bond donors (Lipinski definition) is 0. The van der Waals surface area contributed by atoms with E-state index in [1.54, 1.807) is 0 Å². The number of carbonyl (C=O) groups excluding carboxylic acids is 1. The van der Waals surface area contributed by atoms with Crippen molar-refractivity contribution >= 4 is 17.2 Å². The molecule has 0 N–H and O–H groups in total. The molecule has 0 aliphatic rings. The Kier molecular flexibility index (Phi) is 3.23. The van der Waals surface area contributed by atoms with Gasteiger partial charge >= 0.3 is 0 Å². The highest BCUT2D eigenvalue weighted by molar-refractivity contribution is 5.96. The van der Waals surface area contributed by atoms with Crippen molar-refractivity contribution in [1.82, 2.24) is 4.98 Å². The summed E-state index contributed by atoms with van der Waals surface area (Å²) in [6.45, 7) is 6.28. The van der Waals surface area contributed by atoms with Gasteiger partial charge in [-0.1, -0.05) is 26.8 Å². The van der Waals surface area contributed by atoms with Gasteiger partial charge in [-0.25, -0.2) is 0 Å². The highest BCUT2D eigenvalue weighted by Gasteiger charge is 2.08. The predicted molar refractivity (Wildman–Crippen MR) is 70.6 cm³/mol. The van der Waals surface area contributed by atoms with E-state index in [0.717, 1.165) is 34.9 Å². The molecule has 1 heterocycles. The van der Waals surface area contributed by atoms with Gasteiger partial charge in [-0.3, -0.25) is 9.78 Å². The lowest BCUT2D eigenvalue weighted by Gasteiger charge is -2.09. The van der Waals surface area contributed by atoms with Crippen molar-refractivity contribution in [3.8, 4) is 0 Å². The number of rotatable bonds is 3. The third kappa shape index (κ3) is 2.21. The molecule has 0 radical (unpaired) electrons. The highest BCUT2D eigenvalue weighted by Crippen LogP contribution is 2.22. The minimum Gasteiger partial charge on any atom is -0.298 e. The summed E-state index contributed by atoms with van der Waals surface area (Å²) in [5.41, 5.74) is 3.87. The van der Waals surface area contributed by atoms with Crippen LogP contribution in [0.1, 0.15) is 48.3 Å². The first kappa shape index (κ1) is 11.8. The van der Waals surface area contributed by atoms with Crippen molar-refractivity contribution in [1.29, 1.82) is 0 Å². The van der Waals surface area contributed by atoms with Gasteiger partial charge < -0.3 is 0 Å². The first-order chi connectivity index (χ1) is 8.15. The Morgan fingerprint density at radius 2 is 2.06 bits per heavy atom. The van der Waals surface area contributed by atoms with E-state index < -0.39 is 0 Å². The maximum absolute atomic E-state index is 11.2. The molecule has 17 heavy (non-hydrogen) atoms. The van der Waals surface area contributed by atoms with Crippen LogP contribution in [-0.4, -0.2) is 11.3 Å². The summed E-state index contributed by atoms with van der Waals surface area (Å²) in [5.74, 6) is 0.337. The number of carbonyl (C=O) groups is 1. The van der Waals surface area contributed by atoms with Crippen molar-refractivity contribution in [3.05, 3.63) is 41.1 Å². The van der Waals surface area contributed by atoms with Crippen molar-refractivity contribution in [2.75, 3.05) is 0 Å². The normalized spacial score (nSPS) is 11.1. The minimum absolute atomic E-state index is 0.337. The van der Waals surface area contributed by atoms with Crippen molar-refractivity contribution < 1.29 is 4.79 Å². The number of fused-ring (bicyclic) bond motifs is 1. The molecule has 1 aromatic heterocycles. The van der Waals surface area contributed by atoms with E-state index in [1.165, 1.54) is 5.56 Å². The molecule has 1 aromatic carbocycles. The van der Waals surface area contributed by atoms with Crippen LogP contribution >= 0.6 is 0 Å². The van der Waals surface area contributed by atoms with E-state index >= 15 is 0 Å². The SMILES string of the molecule is CCc1ccc2nc(C(C)C)cc(C=O)c2c1. The number of aryl methyl sites for hydroxylation is 1. The summed E-state index contributed by atoms with van der Waals surface area (Å²) in [6, 6.07) is 8.05. The zero-order valence-corrected chi connectivity index (χ0v) is 10.5. The summed E-state index contributed by atoms with van der Waals surface area (Å²) in [7, 11) is 0. The van der Waals surface area contributed by atoms with Gasteiger partial charge in [0, 0.05) is 16.6 Å². The number of nitrogens with zero attached hydrogens (tertiary/aromatic N) is 1. The molecule has 88 valence electrons. The lowest BCUT2D eigenvalue weighted by molar-refractivity contribution is 0.112. The topological polar surface area (TPSA) is 30.0 Å².